The van der Waals surface area contributed by atoms with Crippen LogP contribution in [0.25, 0.3) is 0 Å². The first-order valence-electron chi connectivity index (χ1n) is 4.38. The molecule has 7 heteroatoms. The summed E-state index contributed by atoms with van der Waals surface area (Å²) >= 11 is 11.3. The van der Waals surface area contributed by atoms with Crippen LogP contribution in [-0.2, 0) is 0 Å². The summed E-state index contributed by atoms with van der Waals surface area (Å²) in [4.78, 5) is 0. The Balaban J connectivity index is 2.70. The van der Waals surface area contributed by atoms with Crippen LogP contribution in [0, 0.1) is 17.2 Å². The highest BCUT2D eigenvalue weighted by Crippen LogP contribution is 2.28. The van der Waals surface area contributed by atoms with E-state index in [9.17, 15) is 13.2 Å². The number of ether oxygens (including phenoxy) is 1. The summed E-state index contributed by atoms with van der Waals surface area (Å²) in [5.41, 5.74) is 0. The van der Waals surface area contributed by atoms with Crippen LogP contribution < -0.4 is 4.74 Å². The molecule has 0 aliphatic rings. The average Bonchev–Trinajstić information content (AvgIpc) is 2.14. The second kappa shape index (κ2) is 5.48. The fourth-order valence-electron chi connectivity index (χ4n) is 0.996. The fraction of sp³-hybridized carbons (Fsp3) is 0.300. The van der Waals surface area contributed by atoms with Crippen LogP contribution in [0.5, 0.6) is 5.75 Å². The van der Waals surface area contributed by atoms with E-state index in [0.717, 1.165) is 6.07 Å². The molecule has 0 radical (unpaired) electrons. The number of hydrogen-bond donors (Lipinski definition) is 0. The molecule has 0 spiro atoms. The third-order valence-corrected chi connectivity index (χ3v) is 2.24. The molecule has 1 aromatic carbocycles. The lowest BCUT2D eigenvalue weighted by atomic mass is 10.2. The molecule has 0 bridgehead atoms. The number of rotatable bonds is 3. The summed E-state index contributed by atoms with van der Waals surface area (Å²) in [6.07, 6.45) is -4.61. The van der Waals surface area contributed by atoms with E-state index >= 15 is 0 Å². The van der Waals surface area contributed by atoms with Gasteiger partial charge < -0.3 is 4.74 Å². The average molecular weight is 284 g/mol. The minimum absolute atomic E-state index is 0.0898. The lowest BCUT2D eigenvalue weighted by Gasteiger charge is -2.14. The van der Waals surface area contributed by atoms with E-state index < -0.39 is 18.7 Å². The van der Waals surface area contributed by atoms with Crippen molar-refractivity contribution in [2.45, 2.75) is 6.18 Å². The monoisotopic (exact) mass is 283 g/mol. The zero-order valence-corrected chi connectivity index (χ0v) is 9.77. The highest BCUT2D eigenvalue weighted by molar-refractivity contribution is 6.34. The van der Waals surface area contributed by atoms with Crippen LogP contribution >= 0.6 is 23.2 Å². The molecule has 0 saturated heterocycles. The van der Waals surface area contributed by atoms with Crippen molar-refractivity contribution in [3.8, 4) is 11.8 Å². The van der Waals surface area contributed by atoms with Crippen LogP contribution in [0.1, 0.15) is 0 Å². The maximum atomic E-state index is 12.2. The zero-order valence-electron chi connectivity index (χ0n) is 8.26. The molecule has 1 aromatic rings. The minimum Gasteiger partial charge on any atom is -0.492 e. The van der Waals surface area contributed by atoms with Crippen molar-refractivity contribution in [2.24, 2.45) is 5.92 Å². The van der Waals surface area contributed by atoms with Gasteiger partial charge >= 0.3 is 6.18 Å². The molecule has 92 valence electrons. The Kier molecular flexibility index (Phi) is 4.49. The van der Waals surface area contributed by atoms with E-state index in [1.54, 1.807) is 0 Å². The molecule has 0 heterocycles. The molecule has 0 saturated carbocycles. The molecular formula is C10H6Cl2F3NO. The smallest absolute Gasteiger partial charge is 0.407 e. The van der Waals surface area contributed by atoms with Gasteiger partial charge in [0, 0.05) is 10.0 Å². The number of alkyl halides is 3. The van der Waals surface area contributed by atoms with Crippen LogP contribution in [0.15, 0.2) is 18.2 Å². The number of hydrogen-bond acceptors (Lipinski definition) is 2. The summed E-state index contributed by atoms with van der Waals surface area (Å²) in [5.74, 6) is -2.09. The molecule has 1 rings (SSSR count). The Labute approximate surface area is 106 Å². The maximum absolute atomic E-state index is 12.2. The van der Waals surface area contributed by atoms with Crippen molar-refractivity contribution in [1.82, 2.24) is 0 Å². The number of benzene rings is 1. The second-order valence-electron chi connectivity index (χ2n) is 3.14. The molecule has 0 amide bonds. The van der Waals surface area contributed by atoms with Gasteiger partial charge in [0.1, 0.15) is 12.4 Å². The van der Waals surface area contributed by atoms with Gasteiger partial charge in [-0.1, -0.05) is 23.2 Å². The summed E-state index contributed by atoms with van der Waals surface area (Å²) in [5, 5.41) is 8.83. The molecule has 0 N–H and O–H groups in total. The predicted octanol–water partition coefficient (Wildman–Crippen LogP) is 4.07. The van der Waals surface area contributed by atoms with Crippen molar-refractivity contribution in [2.75, 3.05) is 6.61 Å². The summed E-state index contributed by atoms with van der Waals surface area (Å²) in [6, 6.07) is 5.18. The van der Waals surface area contributed by atoms with E-state index in [1.165, 1.54) is 18.2 Å². The molecule has 0 fully saturated rings. The van der Waals surface area contributed by atoms with Gasteiger partial charge in [0.05, 0.1) is 6.07 Å². The summed E-state index contributed by atoms with van der Waals surface area (Å²) < 4.78 is 41.5. The lowest BCUT2D eigenvalue weighted by Crippen LogP contribution is -2.27. The number of nitrogens with zero attached hydrogens (tertiary/aromatic N) is 1. The normalized spacial score (nSPS) is 12.9. The van der Waals surface area contributed by atoms with Crippen LogP contribution in [0.2, 0.25) is 10.0 Å². The molecule has 17 heavy (non-hydrogen) atoms. The molecule has 1 unspecified atom stereocenters. The fourth-order valence-corrected chi connectivity index (χ4v) is 1.50. The minimum atomic E-state index is -4.61. The predicted molar refractivity (Wildman–Crippen MR) is 57.1 cm³/mol. The number of halogens is 5. The zero-order chi connectivity index (χ0) is 13.1. The van der Waals surface area contributed by atoms with E-state index in [1.807, 2.05) is 0 Å². The lowest BCUT2D eigenvalue weighted by molar-refractivity contribution is -0.165. The third-order valence-electron chi connectivity index (χ3n) is 1.80. The van der Waals surface area contributed by atoms with Crippen molar-refractivity contribution >= 4 is 23.2 Å². The standard InChI is InChI=1S/C10H6Cl2F3NO/c11-7-1-8(12)3-9(2-7)17-5-6(4-16)10(13,14)15/h1-3,6H,5H2. The van der Waals surface area contributed by atoms with E-state index in [0.29, 0.717) is 0 Å². The first kappa shape index (κ1) is 13.9. The van der Waals surface area contributed by atoms with Gasteiger partial charge in [-0.25, -0.2) is 0 Å². The quantitative estimate of drug-likeness (QED) is 0.838. The Morgan fingerprint density at radius 2 is 1.76 bits per heavy atom. The molecular weight excluding hydrogens is 278 g/mol. The van der Waals surface area contributed by atoms with Crippen LogP contribution in [-0.4, -0.2) is 12.8 Å². The molecule has 0 aliphatic heterocycles. The largest absolute Gasteiger partial charge is 0.492 e. The SMILES string of the molecule is N#CC(COc1cc(Cl)cc(Cl)c1)C(F)(F)F. The van der Waals surface area contributed by atoms with Crippen molar-refractivity contribution in [3.63, 3.8) is 0 Å². The third kappa shape index (κ3) is 4.33. The van der Waals surface area contributed by atoms with Crippen molar-refractivity contribution in [1.29, 1.82) is 5.26 Å². The van der Waals surface area contributed by atoms with E-state index in [-0.39, 0.29) is 15.8 Å². The Bertz CT molecular complexity index is 422. The van der Waals surface area contributed by atoms with Gasteiger partial charge in [0.25, 0.3) is 0 Å². The van der Waals surface area contributed by atoms with Gasteiger partial charge in [-0.15, -0.1) is 0 Å². The van der Waals surface area contributed by atoms with Crippen molar-refractivity contribution < 1.29 is 17.9 Å². The highest BCUT2D eigenvalue weighted by atomic mass is 35.5. The van der Waals surface area contributed by atoms with Gasteiger partial charge in [-0.2, -0.15) is 18.4 Å². The first-order valence-corrected chi connectivity index (χ1v) is 5.13. The molecule has 0 aliphatic carbocycles. The van der Waals surface area contributed by atoms with Crippen LogP contribution in [0.4, 0.5) is 13.2 Å². The van der Waals surface area contributed by atoms with Gasteiger partial charge in [0.2, 0.25) is 0 Å². The first-order chi connectivity index (χ1) is 7.82. The highest BCUT2D eigenvalue weighted by Gasteiger charge is 2.40. The van der Waals surface area contributed by atoms with E-state index in [4.69, 9.17) is 33.2 Å². The molecule has 1 atom stereocenters. The Hall–Kier alpha value is -1.12. The molecule has 0 aromatic heterocycles. The van der Waals surface area contributed by atoms with Gasteiger partial charge in [-0.3, -0.25) is 0 Å². The van der Waals surface area contributed by atoms with Crippen molar-refractivity contribution in [3.05, 3.63) is 28.2 Å². The van der Waals surface area contributed by atoms with E-state index in [2.05, 4.69) is 0 Å². The Morgan fingerprint density at radius 1 is 1.24 bits per heavy atom. The van der Waals surface area contributed by atoms with Crippen LogP contribution in [0.3, 0.4) is 0 Å². The molecule has 2 nitrogen and oxygen atoms in total. The van der Waals surface area contributed by atoms with Gasteiger partial charge in [-0.05, 0) is 18.2 Å². The van der Waals surface area contributed by atoms with Gasteiger partial charge in [0.15, 0.2) is 5.92 Å². The topological polar surface area (TPSA) is 33.0 Å². The number of nitriles is 1. The summed E-state index contributed by atoms with van der Waals surface area (Å²) in [6.45, 7) is -0.795. The maximum Gasteiger partial charge on any atom is 0.407 e. The summed E-state index contributed by atoms with van der Waals surface area (Å²) in [7, 11) is 0. The Morgan fingerprint density at radius 3 is 2.18 bits per heavy atom. The second-order valence-corrected chi connectivity index (χ2v) is 4.01.